The highest BCUT2D eigenvalue weighted by atomic mass is 32.2. The predicted molar refractivity (Wildman–Crippen MR) is 84.9 cm³/mol. The van der Waals surface area contributed by atoms with E-state index < -0.39 is 22.3 Å². The highest BCUT2D eigenvalue weighted by Gasteiger charge is 2.48. The van der Waals surface area contributed by atoms with Gasteiger partial charge < -0.3 is 15.3 Å². The van der Waals surface area contributed by atoms with Gasteiger partial charge in [0.1, 0.15) is 5.54 Å². The molecule has 1 saturated carbocycles. The van der Waals surface area contributed by atoms with Gasteiger partial charge in [-0.25, -0.2) is 0 Å². The summed E-state index contributed by atoms with van der Waals surface area (Å²) in [6.07, 6.45) is 4.63. The number of rotatable bonds is 7. The Morgan fingerprint density at radius 3 is 2.76 bits per heavy atom. The Kier molecular flexibility index (Phi) is 6.20. The number of carbonyl (C=O) groups is 1. The van der Waals surface area contributed by atoms with Crippen molar-refractivity contribution in [1.82, 2.24) is 10.2 Å². The lowest BCUT2D eigenvalue weighted by Gasteiger charge is -2.34. The average Bonchev–Trinajstić information content (AvgIpc) is 2.89. The molecular formula is C15H28N2O3S. The van der Waals surface area contributed by atoms with Crippen LogP contribution in [0, 0.1) is 5.92 Å². The molecule has 6 heteroatoms. The summed E-state index contributed by atoms with van der Waals surface area (Å²) in [5, 5.41) is 13.0. The Balaban J connectivity index is 1.90. The Hall–Kier alpha value is -0.460. The van der Waals surface area contributed by atoms with Crippen LogP contribution < -0.4 is 5.32 Å². The molecule has 1 heterocycles. The van der Waals surface area contributed by atoms with E-state index in [9.17, 15) is 14.1 Å². The lowest BCUT2D eigenvalue weighted by Crippen LogP contribution is -2.55. The van der Waals surface area contributed by atoms with Gasteiger partial charge in [-0.05, 0) is 44.7 Å². The predicted octanol–water partition coefficient (Wildman–Crippen LogP) is 1.06. The fourth-order valence-corrected chi connectivity index (χ4v) is 4.77. The fourth-order valence-electron chi connectivity index (χ4n) is 3.64. The molecule has 2 N–H and O–H groups in total. The molecule has 21 heavy (non-hydrogen) atoms. The molecule has 2 unspecified atom stereocenters. The fraction of sp³-hybridized carbons (Fsp3) is 0.933. The van der Waals surface area contributed by atoms with E-state index in [0.717, 1.165) is 69.8 Å². The van der Waals surface area contributed by atoms with Gasteiger partial charge in [0, 0.05) is 35.4 Å². The zero-order chi connectivity index (χ0) is 15.3. The number of nitrogens with one attached hydrogen (secondary N) is 1. The van der Waals surface area contributed by atoms with E-state index in [2.05, 4.69) is 17.1 Å². The van der Waals surface area contributed by atoms with Crippen LogP contribution in [-0.2, 0) is 15.6 Å². The lowest BCUT2D eigenvalue weighted by atomic mass is 9.84. The van der Waals surface area contributed by atoms with Gasteiger partial charge in [-0.2, -0.15) is 0 Å². The molecule has 1 aliphatic heterocycles. The van der Waals surface area contributed by atoms with Crippen molar-refractivity contribution in [2.75, 3.05) is 37.7 Å². The lowest BCUT2D eigenvalue weighted by molar-refractivity contribution is -0.146. The Morgan fingerprint density at radius 1 is 1.43 bits per heavy atom. The van der Waals surface area contributed by atoms with E-state index in [0.29, 0.717) is 0 Å². The van der Waals surface area contributed by atoms with Crippen LogP contribution in [-0.4, -0.2) is 63.4 Å². The maximum atomic E-state index is 11.8. The van der Waals surface area contributed by atoms with Crippen LogP contribution in [0.1, 0.15) is 39.0 Å². The quantitative estimate of drug-likeness (QED) is 0.735. The molecule has 5 nitrogen and oxygen atoms in total. The van der Waals surface area contributed by atoms with Gasteiger partial charge in [-0.1, -0.05) is 13.3 Å². The van der Waals surface area contributed by atoms with E-state index in [4.69, 9.17) is 0 Å². The largest absolute Gasteiger partial charge is 0.480 e. The van der Waals surface area contributed by atoms with Crippen LogP contribution in [0.15, 0.2) is 0 Å². The van der Waals surface area contributed by atoms with Gasteiger partial charge in [-0.3, -0.25) is 9.00 Å². The Bertz CT molecular complexity index is 381. The van der Waals surface area contributed by atoms with Crippen LogP contribution in [0.2, 0.25) is 0 Å². The molecule has 0 aromatic heterocycles. The topological polar surface area (TPSA) is 69.6 Å². The highest BCUT2D eigenvalue weighted by molar-refractivity contribution is 7.85. The molecule has 0 amide bonds. The number of carboxylic acid groups (broad SMARTS) is 1. The van der Waals surface area contributed by atoms with Gasteiger partial charge >= 0.3 is 5.97 Å². The molecule has 2 fully saturated rings. The second kappa shape index (κ2) is 7.70. The molecule has 0 aromatic rings. The van der Waals surface area contributed by atoms with Crippen molar-refractivity contribution in [3.63, 3.8) is 0 Å². The van der Waals surface area contributed by atoms with Crippen molar-refractivity contribution in [2.45, 2.75) is 44.6 Å². The highest BCUT2D eigenvalue weighted by Crippen LogP contribution is 2.38. The monoisotopic (exact) mass is 316 g/mol. The summed E-state index contributed by atoms with van der Waals surface area (Å²) >= 11 is 0. The molecule has 122 valence electrons. The number of aliphatic carboxylic acids is 1. The minimum atomic E-state index is -0.714. The van der Waals surface area contributed by atoms with Crippen molar-refractivity contribution >= 4 is 16.8 Å². The summed E-state index contributed by atoms with van der Waals surface area (Å²) < 4.78 is 11.4. The van der Waals surface area contributed by atoms with Crippen molar-refractivity contribution in [3.05, 3.63) is 0 Å². The summed E-state index contributed by atoms with van der Waals surface area (Å²) in [7, 11) is -0.641. The molecule has 1 aliphatic carbocycles. The van der Waals surface area contributed by atoms with Crippen LogP contribution >= 0.6 is 0 Å². The third-order valence-electron chi connectivity index (χ3n) is 4.96. The molecule has 0 radical (unpaired) electrons. The van der Waals surface area contributed by atoms with Crippen molar-refractivity contribution in [1.29, 1.82) is 0 Å². The van der Waals surface area contributed by atoms with E-state index in [1.807, 2.05) is 0 Å². The maximum Gasteiger partial charge on any atom is 0.324 e. The number of hydrogen-bond donors (Lipinski definition) is 2. The zero-order valence-corrected chi connectivity index (χ0v) is 13.8. The number of nitrogens with zero attached hydrogens (tertiary/aromatic N) is 1. The van der Waals surface area contributed by atoms with E-state index in [-0.39, 0.29) is 5.92 Å². The molecular weight excluding hydrogens is 288 g/mol. The van der Waals surface area contributed by atoms with E-state index in [1.165, 1.54) is 0 Å². The zero-order valence-electron chi connectivity index (χ0n) is 13.0. The minimum Gasteiger partial charge on any atom is -0.480 e. The number of hydrogen-bond acceptors (Lipinski definition) is 4. The SMILES string of the molecule is CCCNC1(C(=O)O)CCCC1CCN1CCS(=O)CC1. The first-order valence-corrected chi connectivity index (χ1v) is 9.63. The first kappa shape index (κ1) is 16.9. The molecule has 2 rings (SSSR count). The van der Waals surface area contributed by atoms with Crippen LogP contribution in [0.3, 0.4) is 0 Å². The second-order valence-electron chi connectivity index (χ2n) is 6.27. The first-order valence-electron chi connectivity index (χ1n) is 8.14. The molecule has 0 aromatic carbocycles. The summed E-state index contributed by atoms with van der Waals surface area (Å²) in [5.41, 5.74) is -0.714. The van der Waals surface area contributed by atoms with Gasteiger partial charge in [0.15, 0.2) is 0 Å². The van der Waals surface area contributed by atoms with E-state index >= 15 is 0 Å². The molecule has 0 bridgehead atoms. The smallest absolute Gasteiger partial charge is 0.324 e. The Labute approximate surface area is 129 Å². The van der Waals surface area contributed by atoms with Crippen molar-refractivity contribution in [2.24, 2.45) is 5.92 Å². The summed E-state index contributed by atoms with van der Waals surface area (Å²) in [4.78, 5) is 14.2. The molecule has 1 saturated heterocycles. The van der Waals surface area contributed by atoms with Gasteiger partial charge in [0.25, 0.3) is 0 Å². The second-order valence-corrected chi connectivity index (χ2v) is 7.97. The summed E-state index contributed by atoms with van der Waals surface area (Å²) in [6.45, 7) is 5.56. The number of carboxylic acids is 1. The van der Waals surface area contributed by atoms with Gasteiger partial charge in [0.05, 0.1) is 0 Å². The third-order valence-corrected chi connectivity index (χ3v) is 6.23. The summed E-state index contributed by atoms with van der Waals surface area (Å²) in [6, 6.07) is 0. The third kappa shape index (κ3) is 4.05. The molecule has 2 atom stereocenters. The Morgan fingerprint density at radius 2 is 2.14 bits per heavy atom. The van der Waals surface area contributed by atoms with Crippen LogP contribution in [0.25, 0.3) is 0 Å². The minimum absolute atomic E-state index is 0.217. The first-order chi connectivity index (χ1) is 10.1. The molecule has 2 aliphatic rings. The summed E-state index contributed by atoms with van der Waals surface area (Å²) in [5.74, 6) is 1.07. The van der Waals surface area contributed by atoms with Crippen LogP contribution in [0.4, 0.5) is 0 Å². The van der Waals surface area contributed by atoms with E-state index in [1.54, 1.807) is 0 Å². The maximum absolute atomic E-state index is 11.8. The standard InChI is InChI=1S/C15H28N2O3S/c1-2-7-16-15(14(18)19)6-3-4-13(15)5-8-17-9-11-21(20)12-10-17/h13,16H,2-12H2,1H3,(H,18,19). The normalized spacial score (nSPS) is 31.6. The average molecular weight is 316 g/mol. The van der Waals surface area contributed by atoms with Crippen molar-refractivity contribution in [3.8, 4) is 0 Å². The molecule has 0 spiro atoms. The van der Waals surface area contributed by atoms with Crippen LogP contribution in [0.5, 0.6) is 0 Å². The van der Waals surface area contributed by atoms with Gasteiger partial charge in [-0.15, -0.1) is 0 Å². The van der Waals surface area contributed by atoms with Crippen molar-refractivity contribution < 1.29 is 14.1 Å². The van der Waals surface area contributed by atoms with Gasteiger partial charge in [0.2, 0.25) is 0 Å².